The lowest BCUT2D eigenvalue weighted by Gasteiger charge is -2.32. The smallest absolute Gasteiger partial charge is 0.225 e. The zero-order valence-electron chi connectivity index (χ0n) is 11.3. The first-order valence-electron chi connectivity index (χ1n) is 7.29. The summed E-state index contributed by atoms with van der Waals surface area (Å²) in [6.45, 7) is 4.02. The fraction of sp³-hybridized carbons (Fsp3) is 0.714. The van der Waals surface area contributed by atoms with Crippen molar-refractivity contribution in [1.82, 2.24) is 15.3 Å². The van der Waals surface area contributed by atoms with Crippen molar-refractivity contribution in [1.29, 1.82) is 0 Å². The second-order valence-corrected chi connectivity index (χ2v) is 5.35. The van der Waals surface area contributed by atoms with E-state index in [9.17, 15) is 0 Å². The molecule has 5 heteroatoms. The van der Waals surface area contributed by atoms with Gasteiger partial charge in [0.2, 0.25) is 5.95 Å². The van der Waals surface area contributed by atoms with Gasteiger partial charge in [-0.2, -0.15) is 0 Å². The third kappa shape index (κ3) is 3.42. The average molecular weight is 262 g/mol. The molecule has 1 aromatic rings. The molecular weight excluding hydrogens is 240 g/mol. The SMILES string of the molecule is c1cnc(N2CCC(NCC3CCCO3)CC2)nc1. The number of nitrogens with zero attached hydrogens (tertiary/aromatic N) is 3. The molecule has 1 atom stereocenters. The highest BCUT2D eigenvalue weighted by molar-refractivity contribution is 5.29. The highest BCUT2D eigenvalue weighted by atomic mass is 16.5. The molecule has 0 saturated carbocycles. The fourth-order valence-electron chi connectivity index (χ4n) is 2.84. The Kier molecular flexibility index (Phi) is 4.25. The van der Waals surface area contributed by atoms with Crippen LogP contribution < -0.4 is 10.2 Å². The number of anilines is 1. The van der Waals surface area contributed by atoms with Gasteiger partial charge in [-0.15, -0.1) is 0 Å². The minimum Gasteiger partial charge on any atom is -0.377 e. The summed E-state index contributed by atoms with van der Waals surface area (Å²) >= 11 is 0. The summed E-state index contributed by atoms with van der Waals surface area (Å²) in [5.74, 6) is 0.861. The molecule has 1 unspecified atom stereocenters. The minimum atomic E-state index is 0.440. The van der Waals surface area contributed by atoms with Crippen LogP contribution in [0.1, 0.15) is 25.7 Å². The topological polar surface area (TPSA) is 50.3 Å². The number of nitrogens with one attached hydrogen (secondary N) is 1. The van der Waals surface area contributed by atoms with Gasteiger partial charge in [-0.3, -0.25) is 0 Å². The van der Waals surface area contributed by atoms with Gasteiger partial charge in [0.05, 0.1) is 6.10 Å². The maximum absolute atomic E-state index is 5.64. The van der Waals surface area contributed by atoms with Gasteiger partial charge in [0, 0.05) is 44.7 Å². The van der Waals surface area contributed by atoms with Gasteiger partial charge in [0.1, 0.15) is 0 Å². The molecule has 1 N–H and O–H groups in total. The maximum atomic E-state index is 5.64. The average Bonchev–Trinajstić information content (AvgIpc) is 3.00. The van der Waals surface area contributed by atoms with E-state index in [0.717, 1.165) is 45.0 Å². The molecule has 1 aromatic heterocycles. The zero-order chi connectivity index (χ0) is 12.9. The summed E-state index contributed by atoms with van der Waals surface area (Å²) in [5, 5.41) is 3.64. The van der Waals surface area contributed by atoms with Crippen LogP contribution in [0.25, 0.3) is 0 Å². The van der Waals surface area contributed by atoms with E-state index in [1.54, 1.807) is 0 Å². The maximum Gasteiger partial charge on any atom is 0.225 e. The van der Waals surface area contributed by atoms with Crippen molar-refractivity contribution < 1.29 is 4.74 Å². The van der Waals surface area contributed by atoms with Crippen LogP contribution >= 0.6 is 0 Å². The number of aromatic nitrogens is 2. The highest BCUT2D eigenvalue weighted by Gasteiger charge is 2.22. The van der Waals surface area contributed by atoms with Crippen molar-refractivity contribution in [3.63, 3.8) is 0 Å². The molecule has 5 nitrogen and oxygen atoms in total. The molecule has 104 valence electrons. The Bertz CT molecular complexity index is 372. The van der Waals surface area contributed by atoms with E-state index < -0.39 is 0 Å². The Morgan fingerprint density at radius 3 is 2.68 bits per heavy atom. The second-order valence-electron chi connectivity index (χ2n) is 5.35. The molecule has 2 saturated heterocycles. The van der Waals surface area contributed by atoms with Crippen LogP contribution in [-0.4, -0.2) is 48.4 Å². The van der Waals surface area contributed by atoms with E-state index in [1.807, 2.05) is 18.5 Å². The first-order chi connectivity index (χ1) is 9.42. The number of piperidine rings is 1. The summed E-state index contributed by atoms with van der Waals surface area (Å²) in [7, 11) is 0. The van der Waals surface area contributed by atoms with E-state index in [0.29, 0.717) is 12.1 Å². The Hall–Kier alpha value is -1.20. The normalized spacial score (nSPS) is 24.8. The Balaban J connectivity index is 1.42. The van der Waals surface area contributed by atoms with E-state index >= 15 is 0 Å². The van der Waals surface area contributed by atoms with Crippen molar-refractivity contribution in [2.45, 2.75) is 37.8 Å². The molecule has 0 radical (unpaired) electrons. The zero-order valence-corrected chi connectivity index (χ0v) is 11.3. The Morgan fingerprint density at radius 1 is 1.21 bits per heavy atom. The molecule has 0 bridgehead atoms. The van der Waals surface area contributed by atoms with Gasteiger partial charge < -0.3 is 15.0 Å². The molecule has 0 aliphatic carbocycles. The van der Waals surface area contributed by atoms with Crippen LogP contribution in [0.4, 0.5) is 5.95 Å². The number of ether oxygens (including phenoxy) is 1. The van der Waals surface area contributed by atoms with Crippen LogP contribution in [0.15, 0.2) is 18.5 Å². The quantitative estimate of drug-likeness (QED) is 0.884. The van der Waals surface area contributed by atoms with Crippen molar-refractivity contribution in [3.05, 3.63) is 18.5 Å². The van der Waals surface area contributed by atoms with E-state index in [2.05, 4.69) is 20.2 Å². The molecular formula is C14H22N4O. The predicted octanol–water partition coefficient (Wildman–Crippen LogP) is 1.21. The van der Waals surface area contributed by atoms with Crippen LogP contribution in [0, 0.1) is 0 Å². The molecule has 0 aromatic carbocycles. The van der Waals surface area contributed by atoms with Crippen LogP contribution in [0.2, 0.25) is 0 Å². The van der Waals surface area contributed by atoms with E-state index in [1.165, 1.54) is 12.8 Å². The van der Waals surface area contributed by atoms with Crippen molar-refractivity contribution in [2.24, 2.45) is 0 Å². The second kappa shape index (κ2) is 6.30. The lowest BCUT2D eigenvalue weighted by Crippen LogP contribution is -2.45. The Labute approximate surface area is 114 Å². The third-order valence-corrected chi connectivity index (χ3v) is 3.99. The van der Waals surface area contributed by atoms with Gasteiger partial charge in [0.15, 0.2) is 0 Å². The summed E-state index contributed by atoms with van der Waals surface area (Å²) in [4.78, 5) is 10.9. The molecule has 2 aliphatic rings. The first kappa shape index (κ1) is 12.8. The molecule has 2 fully saturated rings. The summed E-state index contributed by atoms with van der Waals surface area (Å²) in [5.41, 5.74) is 0. The van der Waals surface area contributed by atoms with Gasteiger partial charge in [-0.1, -0.05) is 0 Å². The van der Waals surface area contributed by atoms with Crippen LogP contribution in [0.5, 0.6) is 0 Å². The standard InChI is InChI=1S/C14H22N4O/c1-3-13(19-10-1)11-17-12-4-8-18(9-5-12)14-15-6-2-7-16-14/h2,6-7,12-13,17H,1,3-5,8-11H2. The molecule has 3 heterocycles. The fourth-order valence-corrected chi connectivity index (χ4v) is 2.84. The van der Waals surface area contributed by atoms with Crippen LogP contribution in [0.3, 0.4) is 0 Å². The van der Waals surface area contributed by atoms with E-state index in [-0.39, 0.29) is 0 Å². The predicted molar refractivity (Wildman–Crippen MR) is 74.2 cm³/mol. The lowest BCUT2D eigenvalue weighted by atomic mass is 10.0. The van der Waals surface area contributed by atoms with Gasteiger partial charge in [0.25, 0.3) is 0 Å². The first-order valence-corrected chi connectivity index (χ1v) is 7.29. The Morgan fingerprint density at radius 2 is 2.00 bits per heavy atom. The number of hydrogen-bond acceptors (Lipinski definition) is 5. The molecule has 19 heavy (non-hydrogen) atoms. The number of hydrogen-bond donors (Lipinski definition) is 1. The molecule has 3 rings (SSSR count). The van der Waals surface area contributed by atoms with Crippen molar-refractivity contribution >= 4 is 5.95 Å². The summed E-state index contributed by atoms with van der Waals surface area (Å²) < 4.78 is 5.64. The summed E-state index contributed by atoms with van der Waals surface area (Å²) in [6, 6.07) is 2.48. The van der Waals surface area contributed by atoms with Crippen molar-refractivity contribution in [3.8, 4) is 0 Å². The minimum absolute atomic E-state index is 0.440. The van der Waals surface area contributed by atoms with Crippen molar-refractivity contribution in [2.75, 3.05) is 31.1 Å². The van der Waals surface area contributed by atoms with Gasteiger partial charge in [-0.05, 0) is 31.7 Å². The lowest BCUT2D eigenvalue weighted by molar-refractivity contribution is 0.106. The largest absolute Gasteiger partial charge is 0.377 e. The third-order valence-electron chi connectivity index (χ3n) is 3.99. The van der Waals surface area contributed by atoms with Gasteiger partial charge in [-0.25, -0.2) is 9.97 Å². The van der Waals surface area contributed by atoms with Crippen LogP contribution in [-0.2, 0) is 4.74 Å². The summed E-state index contributed by atoms with van der Waals surface area (Å²) in [6.07, 6.45) is 8.81. The van der Waals surface area contributed by atoms with Gasteiger partial charge >= 0.3 is 0 Å². The number of rotatable bonds is 4. The van der Waals surface area contributed by atoms with E-state index in [4.69, 9.17) is 4.74 Å². The molecule has 0 spiro atoms. The monoisotopic (exact) mass is 262 g/mol. The molecule has 0 amide bonds. The highest BCUT2D eigenvalue weighted by Crippen LogP contribution is 2.16. The molecule has 2 aliphatic heterocycles.